The van der Waals surface area contributed by atoms with E-state index in [1.54, 1.807) is 24.5 Å². The van der Waals surface area contributed by atoms with Gasteiger partial charge in [0, 0.05) is 22.2 Å². The molecule has 0 radical (unpaired) electrons. The quantitative estimate of drug-likeness (QED) is 0.678. The van der Waals surface area contributed by atoms with Crippen LogP contribution in [-0.4, -0.2) is 18.1 Å². The van der Waals surface area contributed by atoms with Crippen LogP contribution in [0.3, 0.4) is 0 Å². The van der Waals surface area contributed by atoms with Crippen molar-refractivity contribution in [3.8, 4) is 0 Å². The Morgan fingerprint density at radius 1 is 1.28 bits per heavy atom. The Morgan fingerprint density at radius 3 is 2.67 bits per heavy atom. The van der Waals surface area contributed by atoms with Crippen LogP contribution < -0.4 is 5.73 Å². The second-order valence-corrected chi connectivity index (χ2v) is 4.61. The van der Waals surface area contributed by atoms with Gasteiger partial charge in [-0.15, -0.1) is 0 Å². The monoisotopic (exact) mass is 260 g/mol. The van der Waals surface area contributed by atoms with E-state index in [0.29, 0.717) is 11.3 Å². The first-order chi connectivity index (χ1) is 8.72. The Kier molecular flexibility index (Phi) is 3.84. The number of methoxy groups -OCH3 is 1. The lowest BCUT2D eigenvalue weighted by Gasteiger charge is -2.08. The molecule has 92 valence electrons. The van der Waals surface area contributed by atoms with Crippen LogP contribution in [0.1, 0.15) is 10.4 Å². The number of nitrogens with zero attached hydrogens (tertiary/aromatic N) is 1. The van der Waals surface area contributed by atoms with Crippen molar-refractivity contribution in [3.63, 3.8) is 0 Å². The first-order valence-electron chi connectivity index (χ1n) is 5.27. The highest BCUT2D eigenvalue weighted by atomic mass is 32.2. The highest BCUT2D eigenvalue weighted by Crippen LogP contribution is 2.33. The Bertz CT molecular complexity index is 558. The summed E-state index contributed by atoms with van der Waals surface area (Å²) in [6.45, 7) is 0. The van der Waals surface area contributed by atoms with Gasteiger partial charge in [-0.2, -0.15) is 0 Å². The van der Waals surface area contributed by atoms with Crippen LogP contribution in [0.15, 0.2) is 52.5 Å². The van der Waals surface area contributed by atoms with Gasteiger partial charge in [-0.05, 0) is 24.3 Å². The number of rotatable bonds is 3. The van der Waals surface area contributed by atoms with Crippen LogP contribution >= 0.6 is 11.8 Å². The zero-order valence-corrected chi connectivity index (χ0v) is 10.6. The Labute approximate surface area is 109 Å². The maximum absolute atomic E-state index is 11.5. The van der Waals surface area contributed by atoms with Crippen molar-refractivity contribution in [1.82, 2.24) is 4.98 Å². The van der Waals surface area contributed by atoms with Crippen molar-refractivity contribution < 1.29 is 9.53 Å². The van der Waals surface area contributed by atoms with Crippen molar-refractivity contribution >= 4 is 23.4 Å². The number of ether oxygens (including phenoxy) is 1. The summed E-state index contributed by atoms with van der Waals surface area (Å²) >= 11 is 1.48. The van der Waals surface area contributed by atoms with Crippen molar-refractivity contribution in [2.45, 2.75) is 9.79 Å². The standard InChI is InChI=1S/C13H12N2O2S/c1-17-13(16)10-3-2-4-11(12(10)14)18-9-5-7-15-8-6-9/h2-8H,14H2,1H3. The number of benzene rings is 1. The summed E-state index contributed by atoms with van der Waals surface area (Å²) in [5.74, 6) is -0.426. The van der Waals surface area contributed by atoms with E-state index in [2.05, 4.69) is 9.72 Å². The number of nitrogens with two attached hydrogens (primary N) is 1. The average molecular weight is 260 g/mol. The highest BCUT2D eigenvalue weighted by Gasteiger charge is 2.13. The highest BCUT2D eigenvalue weighted by molar-refractivity contribution is 7.99. The summed E-state index contributed by atoms with van der Waals surface area (Å²) in [6, 6.07) is 9.07. The molecule has 1 heterocycles. The lowest BCUT2D eigenvalue weighted by atomic mass is 10.2. The number of carbonyl (C=O) groups excluding carboxylic acids is 1. The second kappa shape index (κ2) is 5.55. The summed E-state index contributed by atoms with van der Waals surface area (Å²) in [7, 11) is 1.34. The third-order valence-electron chi connectivity index (χ3n) is 2.35. The van der Waals surface area contributed by atoms with Crippen molar-refractivity contribution in [1.29, 1.82) is 0 Å². The average Bonchev–Trinajstić information content (AvgIpc) is 2.41. The number of aromatic nitrogens is 1. The van der Waals surface area contributed by atoms with Crippen LogP contribution in [0, 0.1) is 0 Å². The van der Waals surface area contributed by atoms with E-state index >= 15 is 0 Å². The molecule has 18 heavy (non-hydrogen) atoms. The van der Waals surface area contributed by atoms with Gasteiger partial charge in [0.2, 0.25) is 0 Å². The molecule has 0 spiro atoms. The summed E-state index contributed by atoms with van der Waals surface area (Å²) in [6.07, 6.45) is 3.42. The van der Waals surface area contributed by atoms with E-state index in [4.69, 9.17) is 5.73 Å². The fourth-order valence-electron chi connectivity index (χ4n) is 1.45. The Balaban J connectivity index is 2.32. The predicted octanol–water partition coefficient (Wildman–Crippen LogP) is 2.60. The van der Waals surface area contributed by atoms with E-state index in [0.717, 1.165) is 9.79 Å². The number of esters is 1. The first kappa shape index (κ1) is 12.4. The van der Waals surface area contributed by atoms with E-state index in [9.17, 15) is 4.79 Å². The predicted molar refractivity (Wildman–Crippen MR) is 70.6 cm³/mol. The molecule has 0 atom stereocenters. The number of pyridine rings is 1. The molecule has 0 aliphatic heterocycles. The van der Waals surface area contributed by atoms with Crippen LogP contribution in [0.2, 0.25) is 0 Å². The topological polar surface area (TPSA) is 65.2 Å². The molecule has 0 unspecified atom stereocenters. The van der Waals surface area contributed by atoms with Crippen molar-refractivity contribution in [3.05, 3.63) is 48.3 Å². The molecule has 0 saturated carbocycles. The molecule has 0 aliphatic rings. The van der Waals surface area contributed by atoms with Crippen LogP contribution in [0.4, 0.5) is 5.69 Å². The van der Waals surface area contributed by atoms with Gasteiger partial charge in [-0.3, -0.25) is 4.98 Å². The van der Waals surface area contributed by atoms with Crippen LogP contribution in [0.5, 0.6) is 0 Å². The van der Waals surface area contributed by atoms with Crippen molar-refractivity contribution in [2.24, 2.45) is 0 Å². The summed E-state index contributed by atoms with van der Waals surface area (Å²) in [4.78, 5) is 17.3. The molecule has 2 N–H and O–H groups in total. The molecule has 4 nitrogen and oxygen atoms in total. The van der Waals surface area contributed by atoms with Gasteiger partial charge < -0.3 is 10.5 Å². The number of carbonyl (C=O) groups is 1. The maximum Gasteiger partial charge on any atom is 0.339 e. The number of anilines is 1. The van der Waals surface area contributed by atoms with Gasteiger partial charge in [-0.1, -0.05) is 17.8 Å². The van der Waals surface area contributed by atoms with E-state index < -0.39 is 5.97 Å². The Morgan fingerprint density at radius 2 is 2.00 bits per heavy atom. The van der Waals surface area contributed by atoms with Crippen molar-refractivity contribution in [2.75, 3.05) is 12.8 Å². The third-order valence-corrected chi connectivity index (χ3v) is 3.43. The lowest BCUT2D eigenvalue weighted by Crippen LogP contribution is -2.06. The molecular weight excluding hydrogens is 248 g/mol. The SMILES string of the molecule is COC(=O)c1cccc(Sc2ccncc2)c1N. The first-order valence-corrected chi connectivity index (χ1v) is 6.08. The van der Waals surface area contributed by atoms with Gasteiger partial charge in [0.05, 0.1) is 18.4 Å². The van der Waals surface area contributed by atoms with Gasteiger partial charge in [0.25, 0.3) is 0 Å². The van der Waals surface area contributed by atoms with Gasteiger partial charge >= 0.3 is 5.97 Å². The fraction of sp³-hybridized carbons (Fsp3) is 0.0769. The normalized spacial score (nSPS) is 10.1. The molecule has 0 aliphatic carbocycles. The minimum Gasteiger partial charge on any atom is -0.465 e. The number of hydrogen-bond acceptors (Lipinski definition) is 5. The zero-order valence-electron chi connectivity index (χ0n) is 9.79. The summed E-state index contributed by atoms with van der Waals surface area (Å²) in [5, 5.41) is 0. The van der Waals surface area contributed by atoms with E-state index in [1.165, 1.54) is 18.9 Å². The molecule has 0 bridgehead atoms. The number of hydrogen-bond donors (Lipinski definition) is 1. The lowest BCUT2D eigenvalue weighted by molar-refractivity contribution is 0.0601. The minimum atomic E-state index is -0.426. The molecule has 0 fully saturated rings. The largest absolute Gasteiger partial charge is 0.465 e. The molecular formula is C13H12N2O2S. The number of para-hydroxylation sites is 1. The molecule has 1 aromatic heterocycles. The van der Waals surface area contributed by atoms with Crippen LogP contribution in [-0.2, 0) is 4.74 Å². The maximum atomic E-state index is 11.5. The minimum absolute atomic E-state index is 0.386. The molecule has 0 saturated heterocycles. The van der Waals surface area contributed by atoms with Gasteiger partial charge in [-0.25, -0.2) is 4.79 Å². The van der Waals surface area contributed by atoms with Gasteiger partial charge in [0.15, 0.2) is 0 Å². The van der Waals surface area contributed by atoms with E-state index in [-0.39, 0.29) is 0 Å². The van der Waals surface area contributed by atoms with E-state index in [1.807, 2.05) is 18.2 Å². The molecule has 1 aromatic carbocycles. The summed E-state index contributed by atoms with van der Waals surface area (Å²) in [5.41, 5.74) is 6.79. The molecule has 5 heteroatoms. The number of nitrogen functional groups attached to an aromatic ring is 1. The summed E-state index contributed by atoms with van der Waals surface area (Å²) < 4.78 is 4.68. The zero-order chi connectivity index (χ0) is 13.0. The van der Waals surface area contributed by atoms with Gasteiger partial charge in [0.1, 0.15) is 0 Å². The third kappa shape index (κ3) is 2.62. The molecule has 2 aromatic rings. The molecule has 2 rings (SSSR count). The fourth-order valence-corrected chi connectivity index (χ4v) is 2.33. The van der Waals surface area contributed by atoms with Crippen LogP contribution in [0.25, 0.3) is 0 Å². The molecule has 0 amide bonds. The Hall–Kier alpha value is -2.01. The second-order valence-electron chi connectivity index (χ2n) is 3.49. The smallest absolute Gasteiger partial charge is 0.339 e.